The standard InChI is InChI=1S/C24H29N3O5S/c1-16-13-22(32-2)20(19-9-10-25-23(16)19)14-26-11-4-12-27(33(3,30)31)15-21(26)17-5-7-18(8-6-17)24(28)29/h5-10,13,21,25H,4,11-12,14-15H2,1-3H3,(H,28,29). The van der Waals surface area contributed by atoms with Gasteiger partial charge in [-0.15, -0.1) is 0 Å². The van der Waals surface area contributed by atoms with Crippen LogP contribution in [0.5, 0.6) is 5.75 Å². The van der Waals surface area contributed by atoms with Crippen LogP contribution in [0.2, 0.25) is 0 Å². The van der Waals surface area contributed by atoms with Gasteiger partial charge in [0.05, 0.1) is 18.9 Å². The van der Waals surface area contributed by atoms with Crippen molar-refractivity contribution in [2.24, 2.45) is 0 Å². The zero-order valence-electron chi connectivity index (χ0n) is 19.0. The number of nitrogens with one attached hydrogen (secondary N) is 1. The van der Waals surface area contributed by atoms with Crippen molar-refractivity contribution in [2.75, 3.05) is 33.0 Å². The minimum atomic E-state index is -3.37. The van der Waals surface area contributed by atoms with E-state index in [1.807, 2.05) is 25.3 Å². The van der Waals surface area contributed by atoms with Crippen LogP contribution in [0.25, 0.3) is 10.9 Å². The van der Waals surface area contributed by atoms with Gasteiger partial charge in [0.15, 0.2) is 0 Å². The molecule has 0 saturated carbocycles. The van der Waals surface area contributed by atoms with E-state index >= 15 is 0 Å². The fourth-order valence-corrected chi connectivity index (χ4v) is 5.52. The van der Waals surface area contributed by atoms with Gasteiger partial charge in [0.2, 0.25) is 10.0 Å². The molecule has 1 saturated heterocycles. The van der Waals surface area contributed by atoms with Crippen LogP contribution >= 0.6 is 0 Å². The number of hydrogen-bond acceptors (Lipinski definition) is 5. The highest BCUT2D eigenvalue weighted by Crippen LogP contribution is 2.35. The van der Waals surface area contributed by atoms with Gasteiger partial charge in [0, 0.05) is 54.9 Å². The molecule has 0 aliphatic carbocycles. The lowest BCUT2D eigenvalue weighted by atomic mass is 10.0. The summed E-state index contributed by atoms with van der Waals surface area (Å²) < 4.78 is 32.1. The predicted octanol–water partition coefficient (Wildman–Crippen LogP) is 3.39. The number of sulfonamides is 1. The van der Waals surface area contributed by atoms with Crippen LogP contribution in [-0.4, -0.2) is 66.7 Å². The Balaban J connectivity index is 1.76. The smallest absolute Gasteiger partial charge is 0.335 e. The van der Waals surface area contributed by atoms with E-state index in [2.05, 4.69) is 9.88 Å². The maximum Gasteiger partial charge on any atom is 0.335 e. The lowest BCUT2D eigenvalue weighted by molar-refractivity contribution is 0.0696. The number of H-pyrrole nitrogens is 1. The minimum Gasteiger partial charge on any atom is -0.496 e. The highest BCUT2D eigenvalue weighted by atomic mass is 32.2. The van der Waals surface area contributed by atoms with Crippen molar-refractivity contribution in [3.05, 3.63) is 64.8 Å². The molecular weight excluding hydrogens is 442 g/mol. The number of carbonyl (C=O) groups is 1. The lowest BCUT2D eigenvalue weighted by Crippen LogP contribution is -2.37. The third-order valence-electron chi connectivity index (χ3n) is 6.37. The van der Waals surface area contributed by atoms with Crippen molar-refractivity contribution < 1.29 is 23.1 Å². The first-order valence-electron chi connectivity index (χ1n) is 10.8. The highest BCUT2D eigenvalue weighted by Gasteiger charge is 2.31. The first-order valence-corrected chi connectivity index (χ1v) is 12.7. The molecule has 0 amide bonds. The zero-order valence-corrected chi connectivity index (χ0v) is 19.9. The summed E-state index contributed by atoms with van der Waals surface area (Å²) in [5.74, 6) is -0.194. The van der Waals surface area contributed by atoms with Crippen molar-refractivity contribution in [1.29, 1.82) is 0 Å². The largest absolute Gasteiger partial charge is 0.496 e. The van der Waals surface area contributed by atoms with Gasteiger partial charge < -0.3 is 14.8 Å². The number of hydrogen-bond donors (Lipinski definition) is 2. The first kappa shape index (κ1) is 23.3. The second kappa shape index (κ2) is 9.17. The van der Waals surface area contributed by atoms with Crippen LogP contribution in [0.4, 0.5) is 0 Å². The summed E-state index contributed by atoms with van der Waals surface area (Å²) in [5, 5.41) is 10.4. The molecule has 2 aromatic carbocycles. The molecule has 0 spiro atoms. The summed E-state index contributed by atoms with van der Waals surface area (Å²) in [6, 6.07) is 10.5. The van der Waals surface area contributed by atoms with E-state index in [-0.39, 0.29) is 11.6 Å². The number of nitrogens with zero attached hydrogens (tertiary/aromatic N) is 2. The molecule has 1 fully saturated rings. The molecule has 1 aliphatic heterocycles. The molecule has 9 heteroatoms. The van der Waals surface area contributed by atoms with Crippen LogP contribution in [0.15, 0.2) is 42.6 Å². The average molecular weight is 472 g/mol. The number of carboxylic acids is 1. The Bertz CT molecular complexity index is 1270. The number of aromatic amines is 1. The lowest BCUT2D eigenvalue weighted by Gasteiger charge is -2.32. The topological polar surface area (TPSA) is 103 Å². The van der Waals surface area contributed by atoms with E-state index in [9.17, 15) is 18.3 Å². The number of ether oxygens (including phenoxy) is 1. The summed E-state index contributed by atoms with van der Waals surface area (Å²) in [6.45, 7) is 4.05. The van der Waals surface area contributed by atoms with Crippen molar-refractivity contribution in [3.63, 3.8) is 0 Å². The number of carboxylic acid groups (broad SMARTS) is 1. The number of benzene rings is 2. The van der Waals surface area contributed by atoms with Gasteiger partial charge in [-0.05, 0) is 48.7 Å². The fourth-order valence-electron chi connectivity index (χ4n) is 4.64. The number of aromatic carboxylic acids is 1. The van der Waals surface area contributed by atoms with Crippen LogP contribution < -0.4 is 4.74 Å². The van der Waals surface area contributed by atoms with Crippen LogP contribution in [0, 0.1) is 6.92 Å². The van der Waals surface area contributed by atoms with Gasteiger partial charge in [-0.25, -0.2) is 17.5 Å². The molecular formula is C24H29N3O5S. The molecule has 3 aromatic rings. The normalized spacial score (nSPS) is 18.3. The molecule has 1 atom stereocenters. The van der Waals surface area contributed by atoms with Crippen LogP contribution in [-0.2, 0) is 16.6 Å². The second-order valence-corrected chi connectivity index (χ2v) is 10.5. The molecule has 0 bridgehead atoms. The minimum absolute atomic E-state index is 0.202. The van der Waals surface area contributed by atoms with Crippen LogP contribution in [0.3, 0.4) is 0 Å². The van der Waals surface area contributed by atoms with E-state index < -0.39 is 16.0 Å². The Morgan fingerprint density at radius 1 is 1.21 bits per heavy atom. The molecule has 1 aromatic heterocycles. The summed E-state index contributed by atoms with van der Waals surface area (Å²) in [6.07, 6.45) is 3.84. The maximum atomic E-state index is 12.4. The monoisotopic (exact) mass is 471 g/mol. The Labute approximate surface area is 193 Å². The molecule has 33 heavy (non-hydrogen) atoms. The van der Waals surface area contributed by atoms with Crippen molar-refractivity contribution in [1.82, 2.24) is 14.2 Å². The number of rotatable bonds is 6. The summed E-state index contributed by atoms with van der Waals surface area (Å²) in [7, 11) is -1.71. The molecule has 8 nitrogen and oxygen atoms in total. The third-order valence-corrected chi connectivity index (χ3v) is 7.64. The van der Waals surface area contributed by atoms with Gasteiger partial charge in [-0.1, -0.05) is 12.1 Å². The number of fused-ring (bicyclic) bond motifs is 1. The number of methoxy groups -OCH3 is 1. The average Bonchev–Trinajstić information content (AvgIpc) is 3.17. The Kier molecular flexibility index (Phi) is 6.47. The van der Waals surface area contributed by atoms with E-state index in [1.165, 1.54) is 10.6 Å². The van der Waals surface area contributed by atoms with Gasteiger partial charge in [0.1, 0.15) is 5.75 Å². The number of aromatic nitrogens is 1. The molecule has 2 heterocycles. The summed E-state index contributed by atoms with van der Waals surface area (Å²) in [4.78, 5) is 16.9. The van der Waals surface area contributed by atoms with Crippen molar-refractivity contribution >= 4 is 26.9 Å². The quantitative estimate of drug-likeness (QED) is 0.571. The fraction of sp³-hybridized carbons (Fsp3) is 0.375. The zero-order chi connectivity index (χ0) is 23.8. The molecule has 1 aliphatic rings. The van der Waals surface area contributed by atoms with E-state index in [4.69, 9.17) is 4.74 Å². The van der Waals surface area contributed by atoms with Gasteiger partial charge >= 0.3 is 5.97 Å². The predicted molar refractivity (Wildman–Crippen MR) is 127 cm³/mol. The van der Waals surface area contributed by atoms with E-state index in [0.29, 0.717) is 32.6 Å². The van der Waals surface area contributed by atoms with Crippen molar-refractivity contribution in [3.8, 4) is 5.75 Å². The molecule has 2 N–H and O–H groups in total. The molecule has 176 valence electrons. The summed E-state index contributed by atoms with van der Waals surface area (Å²) in [5.41, 5.74) is 4.27. The van der Waals surface area contributed by atoms with Gasteiger partial charge in [-0.2, -0.15) is 0 Å². The van der Waals surface area contributed by atoms with Crippen LogP contribution in [0.1, 0.15) is 39.5 Å². The molecule has 4 rings (SSSR count). The molecule has 1 unspecified atom stereocenters. The molecule has 0 radical (unpaired) electrons. The SMILES string of the molecule is COc1cc(C)c2[nH]ccc2c1CN1CCCN(S(C)(=O)=O)CC1c1ccc(C(=O)O)cc1. The van der Waals surface area contributed by atoms with Gasteiger partial charge in [-0.3, -0.25) is 4.90 Å². The maximum absolute atomic E-state index is 12.4. The summed E-state index contributed by atoms with van der Waals surface area (Å²) >= 11 is 0. The van der Waals surface area contributed by atoms with E-state index in [1.54, 1.807) is 31.4 Å². The van der Waals surface area contributed by atoms with E-state index in [0.717, 1.165) is 33.3 Å². The third kappa shape index (κ3) is 4.75. The second-order valence-electron chi connectivity index (χ2n) is 8.53. The Hall–Kier alpha value is -2.88. The first-order chi connectivity index (χ1) is 15.7. The van der Waals surface area contributed by atoms with Crippen molar-refractivity contribution in [2.45, 2.75) is 25.9 Å². The highest BCUT2D eigenvalue weighted by molar-refractivity contribution is 7.88. The Morgan fingerprint density at radius 2 is 1.94 bits per heavy atom. The number of aryl methyl sites for hydroxylation is 1. The Morgan fingerprint density at radius 3 is 2.58 bits per heavy atom. The van der Waals surface area contributed by atoms with Gasteiger partial charge in [0.25, 0.3) is 0 Å².